The Balaban J connectivity index is 1.59. The van der Waals surface area contributed by atoms with Gasteiger partial charge >= 0.3 is 6.03 Å². The first kappa shape index (κ1) is 16.4. The van der Waals surface area contributed by atoms with Gasteiger partial charge in [-0.3, -0.25) is 4.57 Å². The molecule has 7 nitrogen and oxygen atoms in total. The van der Waals surface area contributed by atoms with E-state index in [1.807, 2.05) is 41.8 Å². The second-order valence-electron chi connectivity index (χ2n) is 6.54. The summed E-state index contributed by atoms with van der Waals surface area (Å²) in [4.78, 5) is 12.2. The van der Waals surface area contributed by atoms with Gasteiger partial charge in [0, 0.05) is 17.1 Å². The topological polar surface area (TPSA) is 92.1 Å². The van der Waals surface area contributed by atoms with E-state index in [9.17, 15) is 9.90 Å². The maximum absolute atomic E-state index is 12.2. The highest BCUT2D eigenvalue weighted by atomic mass is 16.3. The van der Waals surface area contributed by atoms with Crippen molar-refractivity contribution in [3.05, 3.63) is 42.5 Å². The molecular formula is C17H23N5O2. The van der Waals surface area contributed by atoms with E-state index in [-0.39, 0.29) is 30.6 Å². The number of rotatable bonds is 5. The molecule has 3 N–H and O–H groups in total. The van der Waals surface area contributed by atoms with Crippen LogP contribution in [0.25, 0.3) is 5.69 Å². The Morgan fingerprint density at radius 1 is 1.42 bits per heavy atom. The molecule has 0 spiro atoms. The zero-order valence-corrected chi connectivity index (χ0v) is 13.8. The van der Waals surface area contributed by atoms with Gasteiger partial charge in [0.1, 0.15) is 6.33 Å². The van der Waals surface area contributed by atoms with Crippen LogP contribution < -0.4 is 10.6 Å². The Labute approximate surface area is 141 Å². The number of carbonyl (C=O) groups excluding carboxylic acids is 1. The summed E-state index contributed by atoms with van der Waals surface area (Å²) < 4.78 is 1.84. The molecule has 1 aliphatic rings. The Kier molecular flexibility index (Phi) is 4.80. The van der Waals surface area contributed by atoms with Gasteiger partial charge in [0.25, 0.3) is 0 Å². The molecule has 24 heavy (non-hydrogen) atoms. The number of urea groups is 1. The minimum absolute atomic E-state index is 0.00510. The van der Waals surface area contributed by atoms with Crippen molar-refractivity contribution < 1.29 is 9.90 Å². The highest BCUT2D eigenvalue weighted by Crippen LogP contribution is 2.37. The molecule has 1 aliphatic carbocycles. The van der Waals surface area contributed by atoms with Crippen LogP contribution in [0.2, 0.25) is 0 Å². The van der Waals surface area contributed by atoms with Gasteiger partial charge in [-0.15, -0.1) is 10.2 Å². The van der Waals surface area contributed by atoms with Crippen LogP contribution in [-0.4, -0.2) is 38.6 Å². The van der Waals surface area contributed by atoms with Crippen LogP contribution in [0.1, 0.15) is 32.0 Å². The number of aliphatic hydroxyl groups excluding tert-OH is 1. The number of aliphatic hydroxyl groups is 1. The van der Waals surface area contributed by atoms with Crippen molar-refractivity contribution in [3.63, 3.8) is 0 Å². The number of hydrogen-bond acceptors (Lipinski definition) is 4. The summed E-state index contributed by atoms with van der Waals surface area (Å²) in [7, 11) is 0. The third kappa shape index (κ3) is 3.41. The zero-order valence-electron chi connectivity index (χ0n) is 13.8. The molecule has 2 aromatic rings. The maximum atomic E-state index is 12.2. The summed E-state index contributed by atoms with van der Waals surface area (Å²) in [5.41, 5.74) is 0.713. The Morgan fingerprint density at radius 3 is 2.96 bits per heavy atom. The molecule has 1 aromatic carbocycles. The van der Waals surface area contributed by atoms with Gasteiger partial charge in [0.05, 0.1) is 13.2 Å². The van der Waals surface area contributed by atoms with Crippen molar-refractivity contribution >= 4 is 6.03 Å². The summed E-state index contributed by atoms with van der Waals surface area (Å²) in [6.45, 7) is 2.38. The monoisotopic (exact) mass is 329 g/mol. The van der Waals surface area contributed by atoms with E-state index in [1.54, 1.807) is 6.33 Å². The number of carbonyl (C=O) groups is 1. The lowest BCUT2D eigenvalue weighted by Gasteiger charge is -2.30. The Bertz CT molecular complexity index is 687. The fourth-order valence-electron chi connectivity index (χ4n) is 3.22. The SMILES string of the molecule is CC1(CO)CCCC1NC(=O)NCc1nncn1-c1ccccc1. The summed E-state index contributed by atoms with van der Waals surface area (Å²) in [5, 5.41) is 23.4. The second kappa shape index (κ2) is 7.00. The molecule has 0 saturated heterocycles. The first-order valence-electron chi connectivity index (χ1n) is 8.22. The molecule has 3 rings (SSSR count). The van der Waals surface area contributed by atoms with Crippen molar-refractivity contribution in [1.82, 2.24) is 25.4 Å². The van der Waals surface area contributed by atoms with Gasteiger partial charge in [-0.25, -0.2) is 4.79 Å². The average molecular weight is 329 g/mol. The summed E-state index contributed by atoms with van der Waals surface area (Å²) >= 11 is 0. The van der Waals surface area contributed by atoms with Crippen LogP contribution in [-0.2, 0) is 6.54 Å². The first-order valence-corrected chi connectivity index (χ1v) is 8.22. The van der Waals surface area contributed by atoms with E-state index in [2.05, 4.69) is 20.8 Å². The molecule has 1 saturated carbocycles. The molecular weight excluding hydrogens is 306 g/mol. The standard InChI is InChI=1S/C17H23N5O2/c1-17(11-23)9-5-8-14(17)20-16(24)18-10-15-21-19-12-22(15)13-6-3-2-4-7-13/h2-4,6-7,12,14,23H,5,8-11H2,1H3,(H2,18,20,24). The summed E-state index contributed by atoms with van der Waals surface area (Å²) in [5.74, 6) is 0.660. The van der Waals surface area contributed by atoms with Gasteiger partial charge < -0.3 is 15.7 Å². The van der Waals surface area contributed by atoms with Crippen molar-refractivity contribution in [2.24, 2.45) is 5.41 Å². The quantitative estimate of drug-likeness (QED) is 0.777. The number of nitrogens with one attached hydrogen (secondary N) is 2. The molecule has 1 heterocycles. The Hall–Kier alpha value is -2.41. The predicted octanol–water partition coefficient (Wildman–Crippen LogP) is 1.62. The lowest BCUT2D eigenvalue weighted by molar-refractivity contribution is 0.121. The molecule has 0 aliphatic heterocycles. The molecule has 7 heteroatoms. The lowest BCUT2D eigenvalue weighted by atomic mass is 9.86. The summed E-state index contributed by atoms with van der Waals surface area (Å²) in [6, 6.07) is 9.48. The first-order chi connectivity index (χ1) is 11.6. The fraction of sp³-hybridized carbons (Fsp3) is 0.471. The molecule has 0 radical (unpaired) electrons. The number of nitrogens with zero attached hydrogens (tertiary/aromatic N) is 3. The number of benzene rings is 1. The largest absolute Gasteiger partial charge is 0.396 e. The molecule has 1 aromatic heterocycles. The highest BCUT2D eigenvalue weighted by Gasteiger charge is 2.39. The van der Waals surface area contributed by atoms with Gasteiger partial charge in [-0.2, -0.15) is 0 Å². The van der Waals surface area contributed by atoms with Crippen LogP contribution in [0.3, 0.4) is 0 Å². The zero-order chi connectivity index (χ0) is 17.0. The predicted molar refractivity (Wildman–Crippen MR) is 89.6 cm³/mol. The molecule has 0 bridgehead atoms. The van der Waals surface area contributed by atoms with E-state index in [0.29, 0.717) is 5.82 Å². The highest BCUT2D eigenvalue weighted by molar-refractivity contribution is 5.74. The number of para-hydroxylation sites is 1. The van der Waals surface area contributed by atoms with Gasteiger partial charge in [-0.1, -0.05) is 31.5 Å². The molecule has 2 amide bonds. The number of amides is 2. The van der Waals surface area contributed by atoms with E-state index in [1.165, 1.54) is 0 Å². The minimum Gasteiger partial charge on any atom is -0.396 e. The van der Waals surface area contributed by atoms with E-state index < -0.39 is 0 Å². The van der Waals surface area contributed by atoms with Crippen molar-refractivity contribution in [3.8, 4) is 5.69 Å². The number of aromatic nitrogens is 3. The van der Waals surface area contributed by atoms with E-state index in [0.717, 1.165) is 24.9 Å². The number of hydrogen-bond donors (Lipinski definition) is 3. The van der Waals surface area contributed by atoms with Crippen molar-refractivity contribution in [2.45, 2.75) is 38.8 Å². The smallest absolute Gasteiger partial charge is 0.315 e. The molecule has 2 unspecified atom stereocenters. The van der Waals surface area contributed by atoms with E-state index in [4.69, 9.17) is 0 Å². The third-order valence-electron chi connectivity index (χ3n) is 4.81. The molecule has 128 valence electrons. The van der Waals surface area contributed by atoms with Gasteiger partial charge in [-0.05, 0) is 25.0 Å². The Morgan fingerprint density at radius 2 is 2.21 bits per heavy atom. The van der Waals surface area contributed by atoms with Gasteiger partial charge in [0.2, 0.25) is 0 Å². The lowest BCUT2D eigenvalue weighted by Crippen LogP contribution is -2.48. The average Bonchev–Trinajstić information content (AvgIpc) is 3.21. The van der Waals surface area contributed by atoms with Crippen LogP contribution in [0, 0.1) is 5.41 Å². The van der Waals surface area contributed by atoms with Crippen molar-refractivity contribution in [1.29, 1.82) is 0 Å². The third-order valence-corrected chi connectivity index (χ3v) is 4.81. The van der Waals surface area contributed by atoms with Crippen LogP contribution >= 0.6 is 0 Å². The van der Waals surface area contributed by atoms with Crippen LogP contribution in [0.5, 0.6) is 0 Å². The molecule has 2 atom stereocenters. The summed E-state index contributed by atoms with van der Waals surface area (Å²) in [6.07, 6.45) is 4.47. The molecule has 1 fully saturated rings. The van der Waals surface area contributed by atoms with Gasteiger partial charge in [0.15, 0.2) is 5.82 Å². The van der Waals surface area contributed by atoms with Crippen LogP contribution in [0.4, 0.5) is 4.79 Å². The van der Waals surface area contributed by atoms with E-state index >= 15 is 0 Å². The fourth-order valence-corrected chi connectivity index (χ4v) is 3.22. The maximum Gasteiger partial charge on any atom is 0.315 e. The van der Waals surface area contributed by atoms with Crippen LogP contribution in [0.15, 0.2) is 36.7 Å². The minimum atomic E-state index is -0.246. The van der Waals surface area contributed by atoms with Crippen molar-refractivity contribution in [2.75, 3.05) is 6.61 Å². The second-order valence-corrected chi connectivity index (χ2v) is 6.54. The normalized spacial score (nSPS) is 23.2.